The monoisotopic (exact) mass is 828 g/mol. The lowest BCUT2D eigenvalue weighted by atomic mass is 9.99. The second-order valence-corrected chi connectivity index (χ2v) is 12.8. The summed E-state index contributed by atoms with van der Waals surface area (Å²) in [6.45, 7) is 3.34. The minimum absolute atomic E-state index is 0. The number of hydrogen-bond acceptors (Lipinski definition) is 11. The normalized spacial score (nSPS) is 12.6. The lowest BCUT2D eigenvalue weighted by Crippen LogP contribution is -2.44. The molecule has 3 aromatic carbocycles. The predicted molar refractivity (Wildman–Crippen MR) is 228 cm³/mol. The fourth-order valence-electron chi connectivity index (χ4n) is 7.08. The van der Waals surface area contributed by atoms with Crippen LogP contribution >= 0.6 is 37.2 Å². The van der Waals surface area contributed by atoms with Crippen molar-refractivity contribution in [2.24, 2.45) is 0 Å². The Morgan fingerprint density at radius 3 is 1.45 bits per heavy atom. The number of likely N-dealkylation sites (tertiary alicyclic amines) is 1. The fraction of sp³-hybridized carbons (Fsp3) is 0.333. The van der Waals surface area contributed by atoms with Crippen molar-refractivity contribution in [1.82, 2.24) is 14.9 Å². The van der Waals surface area contributed by atoms with Gasteiger partial charge in [0, 0.05) is 68.1 Å². The molecule has 302 valence electrons. The van der Waals surface area contributed by atoms with Crippen LogP contribution in [0.5, 0.6) is 40.2 Å². The third-order valence-corrected chi connectivity index (χ3v) is 9.74. The van der Waals surface area contributed by atoms with Crippen LogP contribution in [0.3, 0.4) is 0 Å². The molecule has 0 saturated carbocycles. The lowest BCUT2D eigenvalue weighted by molar-refractivity contribution is 0.200. The third kappa shape index (κ3) is 10.1. The molecule has 11 nitrogen and oxygen atoms in total. The Kier molecular flexibility index (Phi) is 17.5. The molecule has 0 radical (unpaired) electrons. The van der Waals surface area contributed by atoms with E-state index in [2.05, 4.69) is 44.0 Å². The highest BCUT2D eigenvalue weighted by Crippen LogP contribution is 2.43. The second kappa shape index (κ2) is 21.5. The molecule has 2 aromatic heterocycles. The van der Waals surface area contributed by atoms with Gasteiger partial charge in [-0.2, -0.15) is 0 Å². The molecule has 0 N–H and O–H groups in total. The van der Waals surface area contributed by atoms with Crippen molar-refractivity contribution in [3.63, 3.8) is 0 Å². The van der Waals surface area contributed by atoms with Gasteiger partial charge < -0.3 is 38.1 Å². The average Bonchev–Trinajstić information content (AvgIpc) is 3.22. The van der Waals surface area contributed by atoms with Crippen LogP contribution in [-0.2, 0) is 13.1 Å². The van der Waals surface area contributed by atoms with E-state index in [4.69, 9.17) is 33.2 Å². The van der Waals surface area contributed by atoms with Crippen LogP contribution in [0.2, 0.25) is 0 Å². The number of ether oxygens (including phenoxy) is 7. The number of para-hydroxylation sites is 2. The Morgan fingerprint density at radius 1 is 0.536 bits per heavy atom. The largest absolute Gasteiger partial charge is 0.495 e. The first-order valence-electron chi connectivity index (χ1n) is 17.5. The zero-order valence-electron chi connectivity index (χ0n) is 32.8. The Bertz CT molecular complexity index is 1960. The van der Waals surface area contributed by atoms with E-state index >= 15 is 0 Å². The Balaban J connectivity index is 0.00000280. The molecule has 14 heteroatoms. The fourth-order valence-corrected chi connectivity index (χ4v) is 7.08. The molecular weight excluding hydrogens is 779 g/mol. The number of aromatic nitrogens is 2. The van der Waals surface area contributed by atoms with E-state index in [0.29, 0.717) is 41.0 Å². The number of anilines is 1. The van der Waals surface area contributed by atoms with Gasteiger partial charge in [-0.1, -0.05) is 12.1 Å². The predicted octanol–water partition coefficient (Wildman–Crippen LogP) is 8.81. The highest BCUT2D eigenvalue weighted by atomic mass is 35.5. The standard InChI is InChI=1S/C42H48N4O7.3ClH/c1-47-36-11-9-8-10-35(36)46(27-29-17-33(25-44-23-29)31-20-39(50-4)42(53-7)40(21-31)51-5)34-12-14-45(15-13-34)26-28-16-32(24-43-22-28)30-18-37(48-2)41(52-6)38(19-30)49-3;;;/h8-11,16-25,34H,12-15,26-27H2,1-7H3;3*1H. The van der Waals surface area contributed by atoms with Crippen LogP contribution in [0.4, 0.5) is 5.69 Å². The molecule has 0 spiro atoms. The van der Waals surface area contributed by atoms with Gasteiger partial charge in [0.1, 0.15) is 5.75 Å². The van der Waals surface area contributed by atoms with Crippen molar-refractivity contribution in [3.8, 4) is 62.5 Å². The van der Waals surface area contributed by atoms with E-state index in [1.807, 2.05) is 61.2 Å². The van der Waals surface area contributed by atoms with Gasteiger partial charge in [-0.05, 0) is 83.6 Å². The SMILES string of the molecule is COc1ccccc1N(Cc1cncc(-c2cc(OC)c(OC)c(OC)c2)c1)C1CCN(Cc2cncc(-c3cc(OC)c(OC)c(OC)c3)c2)CC1.Cl.Cl.Cl. The summed E-state index contributed by atoms with van der Waals surface area (Å²) >= 11 is 0. The number of pyridine rings is 2. The highest BCUT2D eigenvalue weighted by Gasteiger charge is 2.27. The molecule has 56 heavy (non-hydrogen) atoms. The molecule has 1 aliphatic heterocycles. The maximum Gasteiger partial charge on any atom is 0.203 e. The van der Waals surface area contributed by atoms with Crippen molar-refractivity contribution in [2.45, 2.75) is 32.0 Å². The van der Waals surface area contributed by atoms with Crippen LogP contribution in [0, 0.1) is 0 Å². The van der Waals surface area contributed by atoms with Gasteiger partial charge in [-0.25, -0.2) is 0 Å². The lowest BCUT2D eigenvalue weighted by Gasteiger charge is -2.40. The number of rotatable bonds is 15. The third-order valence-electron chi connectivity index (χ3n) is 9.74. The summed E-state index contributed by atoms with van der Waals surface area (Å²) in [5.74, 6) is 4.37. The molecule has 0 bridgehead atoms. The summed E-state index contributed by atoms with van der Waals surface area (Å²) in [6.07, 6.45) is 9.58. The summed E-state index contributed by atoms with van der Waals surface area (Å²) in [4.78, 5) is 14.2. The zero-order valence-corrected chi connectivity index (χ0v) is 35.2. The molecule has 1 saturated heterocycles. The van der Waals surface area contributed by atoms with Gasteiger partial charge >= 0.3 is 0 Å². The number of hydrogen-bond donors (Lipinski definition) is 0. The average molecular weight is 830 g/mol. The van der Waals surface area contributed by atoms with Crippen molar-refractivity contribution >= 4 is 42.9 Å². The van der Waals surface area contributed by atoms with Crippen LogP contribution in [0.1, 0.15) is 24.0 Å². The van der Waals surface area contributed by atoms with Gasteiger partial charge in [0.25, 0.3) is 0 Å². The van der Waals surface area contributed by atoms with Crippen LogP contribution in [0.15, 0.2) is 85.5 Å². The van der Waals surface area contributed by atoms with E-state index in [9.17, 15) is 0 Å². The molecule has 0 unspecified atom stereocenters. The van der Waals surface area contributed by atoms with Crippen molar-refractivity contribution in [2.75, 3.05) is 67.8 Å². The molecule has 0 aliphatic carbocycles. The molecular formula is C42H51Cl3N4O7. The minimum atomic E-state index is 0. The molecule has 0 atom stereocenters. The van der Waals surface area contributed by atoms with Gasteiger partial charge in [0.2, 0.25) is 11.5 Å². The van der Waals surface area contributed by atoms with E-state index in [-0.39, 0.29) is 43.3 Å². The first-order valence-corrected chi connectivity index (χ1v) is 17.5. The molecule has 3 heterocycles. The molecule has 0 amide bonds. The van der Waals surface area contributed by atoms with Gasteiger partial charge in [-0.15, -0.1) is 37.2 Å². The number of nitrogens with zero attached hydrogens (tertiary/aromatic N) is 4. The first-order chi connectivity index (χ1) is 25.9. The van der Waals surface area contributed by atoms with Crippen molar-refractivity contribution in [3.05, 3.63) is 96.6 Å². The molecule has 1 fully saturated rings. The highest BCUT2D eigenvalue weighted by molar-refractivity contribution is 5.86. The van der Waals surface area contributed by atoms with E-state index in [1.54, 1.807) is 49.8 Å². The zero-order chi connectivity index (χ0) is 37.3. The van der Waals surface area contributed by atoms with Crippen molar-refractivity contribution < 1.29 is 33.2 Å². The molecule has 6 rings (SSSR count). The van der Waals surface area contributed by atoms with Gasteiger partial charge in [-0.3, -0.25) is 14.9 Å². The van der Waals surface area contributed by atoms with E-state index < -0.39 is 0 Å². The number of piperidine rings is 1. The molecule has 1 aliphatic rings. The van der Waals surface area contributed by atoms with Crippen LogP contribution in [0.25, 0.3) is 22.3 Å². The van der Waals surface area contributed by atoms with Gasteiger partial charge in [0.05, 0.1) is 55.5 Å². The van der Waals surface area contributed by atoms with E-state index in [0.717, 1.165) is 77.3 Å². The quantitative estimate of drug-likeness (QED) is 0.101. The number of methoxy groups -OCH3 is 7. The van der Waals surface area contributed by atoms with E-state index in [1.165, 1.54) is 0 Å². The summed E-state index contributed by atoms with van der Waals surface area (Å²) in [7, 11) is 11.4. The summed E-state index contributed by atoms with van der Waals surface area (Å²) in [5, 5.41) is 0. The van der Waals surface area contributed by atoms with Crippen LogP contribution < -0.4 is 38.1 Å². The Hall–Kier alpha value is -4.81. The Labute approximate surface area is 348 Å². The smallest absolute Gasteiger partial charge is 0.203 e. The topological polar surface area (TPSA) is 96.9 Å². The second-order valence-electron chi connectivity index (χ2n) is 12.8. The summed E-state index contributed by atoms with van der Waals surface area (Å²) in [6, 6.07) is 20.7. The molecule has 5 aromatic rings. The van der Waals surface area contributed by atoms with Crippen molar-refractivity contribution in [1.29, 1.82) is 0 Å². The first kappa shape index (κ1) is 45.6. The minimum Gasteiger partial charge on any atom is -0.495 e. The summed E-state index contributed by atoms with van der Waals surface area (Å²) in [5.41, 5.74) is 7.11. The number of halogens is 3. The van der Waals surface area contributed by atoms with Gasteiger partial charge in [0.15, 0.2) is 23.0 Å². The van der Waals surface area contributed by atoms with Crippen LogP contribution in [-0.4, -0.2) is 83.8 Å². The maximum absolute atomic E-state index is 5.87. The maximum atomic E-state index is 5.87. The Morgan fingerprint density at radius 2 is 0.982 bits per heavy atom. The summed E-state index contributed by atoms with van der Waals surface area (Å²) < 4.78 is 39.4. The number of benzene rings is 3.